The summed E-state index contributed by atoms with van der Waals surface area (Å²) in [6.45, 7) is 13.8. The molecule has 0 radical (unpaired) electrons. The topological polar surface area (TPSA) is 64.8 Å². The number of carbonyl (C=O) groups is 1. The molecule has 0 saturated heterocycles. The zero-order valence-electron chi connectivity index (χ0n) is 21.1. The van der Waals surface area contributed by atoms with Gasteiger partial charge in [0.1, 0.15) is 5.75 Å². The van der Waals surface area contributed by atoms with Crippen LogP contribution in [0.1, 0.15) is 84.6 Å². The third-order valence-corrected chi connectivity index (χ3v) is 5.65. The zero-order valence-corrected chi connectivity index (χ0v) is 21.1. The number of unbranched alkanes of at least 4 members (excludes halogenated alkanes) is 3. The van der Waals surface area contributed by atoms with Gasteiger partial charge in [-0.2, -0.15) is 0 Å². The van der Waals surface area contributed by atoms with E-state index in [0.717, 1.165) is 31.6 Å². The highest BCUT2D eigenvalue weighted by molar-refractivity contribution is 5.69. The van der Waals surface area contributed by atoms with E-state index in [-0.39, 0.29) is 11.9 Å². The molecule has 0 saturated carbocycles. The lowest BCUT2D eigenvalue weighted by Crippen LogP contribution is -2.25. The standard InChI is InChI=1S/C27H48N2O3/c1-5-7-15-29(16-8-6-2)22-24-11-13-26(14-12-24)31-17-9-10-18-32-27(30)20-25(21-28)19-23(3)4/h11-14,23,25H,5-10,15-22,28H2,1-4H3. The van der Waals surface area contributed by atoms with E-state index in [2.05, 4.69) is 56.9 Å². The quantitative estimate of drug-likeness (QED) is 0.214. The number of hydrogen-bond acceptors (Lipinski definition) is 5. The Morgan fingerprint density at radius 1 is 0.969 bits per heavy atom. The number of carbonyl (C=O) groups excluding carboxylic acids is 1. The van der Waals surface area contributed by atoms with Gasteiger partial charge in [0.25, 0.3) is 0 Å². The molecule has 0 aliphatic carbocycles. The molecule has 5 heteroatoms. The molecule has 1 atom stereocenters. The Bertz CT molecular complexity index is 581. The summed E-state index contributed by atoms with van der Waals surface area (Å²) in [4.78, 5) is 14.5. The van der Waals surface area contributed by atoms with Gasteiger partial charge in [0.2, 0.25) is 0 Å². The molecule has 1 aromatic rings. The molecule has 0 aromatic heterocycles. The van der Waals surface area contributed by atoms with E-state index in [9.17, 15) is 4.79 Å². The van der Waals surface area contributed by atoms with Crippen molar-refractivity contribution in [3.05, 3.63) is 29.8 Å². The fourth-order valence-corrected chi connectivity index (χ4v) is 3.79. The van der Waals surface area contributed by atoms with Crippen LogP contribution in [0.4, 0.5) is 0 Å². The van der Waals surface area contributed by atoms with Gasteiger partial charge in [0, 0.05) is 13.0 Å². The highest BCUT2D eigenvalue weighted by Crippen LogP contribution is 2.16. The van der Waals surface area contributed by atoms with Crippen molar-refractivity contribution in [2.45, 2.75) is 85.6 Å². The van der Waals surface area contributed by atoms with Crippen molar-refractivity contribution in [1.29, 1.82) is 0 Å². The maximum absolute atomic E-state index is 12.0. The predicted octanol–water partition coefficient (Wildman–Crippen LogP) is 5.80. The SMILES string of the molecule is CCCCN(CCCC)Cc1ccc(OCCCCOC(=O)CC(CN)CC(C)C)cc1. The Balaban J connectivity index is 2.23. The number of esters is 1. The van der Waals surface area contributed by atoms with Gasteiger partial charge in [-0.3, -0.25) is 9.69 Å². The Morgan fingerprint density at radius 3 is 2.16 bits per heavy atom. The van der Waals surface area contributed by atoms with E-state index in [1.165, 1.54) is 44.3 Å². The number of ether oxygens (including phenoxy) is 2. The molecular formula is C27H48N2O3. The lowest BCUT2D eigenvalue weighted by molar-refractivity contribution is -0.145. The average Bonchev–Trinajstić information content (AvgIpc) is 2.78. The minimum atomic E-state index is -0.135. The van der Waals surface area contributed by atoms with Crippen molar-refractivity contribution in [1.82, 2.24) is 4.90 Å². The Labute approximate surface area is 197 Å². The maximum Gasteiger partial charge on any atom is 0.306 e. The highest BCUT2D eigenvalue weighted by Gasteiger charge is 2.15. The van der Waals surface area contributed by atoms with E-state index >= 15 is 0 Å². The monoisotopic (exact) mass is 448 g/mol. The number of nitrogens with two attached hydrogens (primary N) is 1. The lowest BCUT2D eigenvalue weighted by Gasteiger charge is -2.22. The van der Waals surface area contributed by atoms with Gasteiger partial charge in [-0.1, -0.05) is 52.7 Å². The Kier molecular flexibility index (Phi) is 15.9. The lowest BCUT2D eigenvalue weighted by atomic mass is 9.94. The second-order valence-corrected chi connectivity index (χ2v) is 9.34. The van der Waals surface area contributed by atoms with Crippen LogP contribution in [0.15, 0.2) is 24.3 Å². The average molecular weight is 449 g/mol. The molecule has 0 fully saturated rings. The molecule has 184 valence electrons. The van der Waals surface area contributed by atoms with Crippen LogP contribution in [0, 0.1) is 11.8 Å². The summed E-state index contributed by atoms with van der Waals surface area (Å²) < 4.78 is 11.2. The second-order valence-electron chi connectivity index (χ2n) is 9.34. The molecule has 1 aromatic carbocycles. The van der Waals surface area contributed by atoms with Crippen molar-refractivity contribution in [3.8, 4) is 5.75 Å². The van der Waals surface area contributed by atoms with Crippen LogP contribution in [0.2, 0.25) is 0 Å². The molecule has 1 unspecified atom stereocenters. The van der Waals surface area contributed by atoms with Crippen molar-refractivity contribution >= 4 is 5.97 Å². The van der Waals surface area contributed by atoms with Gasteiger partial charge in [0.15, 0.2) is 0 Å². The smallest absolute Gasteiger partial charge is 0.306 e. The molecule has 2 N–H and O–H groups in total. The number of hydrogen-bond donors (Lipinski definition) is 1. The summed E-state index contributed by atoms with van der Waals surface area (Å²) in [5, 5.41) is 0. The first-order valence-electron chi connectivity index (χ1n) is 12.8. The summed E-state index contributed by atoms with van der Waals surface area (Å²) in [5.41, 5.74) is 7.10. The second kappa shape index (κ2) is 17.9. The molecule has 5 nitrogen and oxygen atoms in total. The summed E-state index contributed by atoms with van der Waals surface area (Å²) in [7, 11) is 0. The van der Waals surface area contributed by atoms with E-state index in [0.29, 0.717) is 32.1 Å². The van der Waals surface area contributed by atoms with Gasteiger partial charge < -0.3 is 15.2 Å². The number of rotatable bonds is 19. The van der Waals surface area contributed by atoms with E-state index < -0.39 is 0 Å². The maximum atomic E-state index is 12.0. The summed E-state index contributed by atoms with van der Waals surface area (Å²) in [6, 6.07) is 8.48. The molecular weight excluding hydrogens is 400 g/mol. The van der Waals surface area contributed by atoms with Crippen molar-refractivity contribution in [2.75, 3.05) is 32.8 Å². The normalized spacial score (nSPS) is 12.3. The van der Waals surface area contributed by atoms with Crippen LogP contribution in [0.3, 0.4) is 0 Å². The minimum Gasteiger partial charge on any atom is -0.494 e. The minimum absolute atomic E-state index is 0.135. The molecule has 0 amide bonds. The fourth-order valence-electron chi connectivity index (χ4n) is 3.79. The number of nitrogens with zero attached hydrogens (tertiary/aromatic N) is 1. The Hall–Kier alpha value is -1.59. The van der Waals surface area contributed by atoms with E-state index in [4.69, 9.17) is 15.2 Å². The molecule has 0 bridgehead atoms. The van der Waals surface area contributed by atoms with Crippen molar-refractivity contribution in [3.63, 3.8) is 0 Å². The van der Waals surface area contributed by atoms with Gasteiger partial charge in [0.05, 0.1) is 13.2 Å². The predicted molar refractivity (Wildman–Crippen MR) is 134 cm³/mol. The van der Waals surface area contributed by atoms with Crippen LogP contribution in [0.5, 0.6) is 5.75 Å². The molecule has 0 spiro atoms. The summed E-state index contributed by atoms with van der Waals surface area (Å²) in [6.07, 6.45) is 8.05. The first-order valence-corrected chi connectivity index (χ1v) is 12.8. The van der Waals surface area contributed by atoms with Crippen LogP contribution in [0.25, 0.3) is 0 Å². The van der Waals surface area contributed by atoms with E-state index in [1.807, 2.05) is 0 Å². The van der Waals surface area contributed by atoms with Crippen LogP contribution < -0.4 is 10.5 Å². The molecule has 0 heterocycles. The first kappa shape index (κ1) is 28.4. The van der Waals surface area contributed by atoms with Crippen molar-refractivity contribution in [2.24, 2.45) is 17.6 Å². The van der Waals surface area contributed by atoms with Gasteiger partial charge >= 0.3 is 5.97 Å². The molecule has 32 heavy (non-hydrogen) atoms. The van der Waals surface area contributed by atoms with Crippen molar-refractivity contribution < 1.29 is 14.3 Å². The summed E-state index contributed by atoms with van der Waals surface area (Å²) in [5.74, 6) is 1.53. The summed E-state index contributed by atoms with van der Waals surface area (Å²) >= 11 is 0. The highest BCUT2D eigenvalue weighted by atomic mass is 16.5. The van der Waals surface area contributed by atoms with Crippen LogP contribution >= 0.6 is 0 Å². The zero-order chi connectivity index (χ0) is 23.6. The third-order valence-electron chi connectivity index (χ3n) is 5.65. The largest absolute Gasteiger partial charge is 0.494 e. The molecule has 1 rings (SSSR count). The van der Waals surface area contributed by atoms with Crippen LogP contribution in [-0.4, -0.2) is 43.7 Å². The van der Waals surface area contributed by atoms with Gasteiger partial charge in [-0.15, -0.1) is 0 Å². The number of benzene rings is 1. The van der Waals surface area contributed by atoms with Gasteiger partial charge in [-0.25, -0.2) is 0 Å². The molecule has 0 aliphatic heterocycles. The fraction of sp³-hybridized carbons (Fsp3) is 0.741. The third kappa shape index (κ3) is 13.7. The molecule has 0 aliphatic rings. The van der Waals surface area contributed by atoms with E-state index in [1.54, 1.807) is 0 Å². The first-order chi connectivity index (χ1) is 15.5. The van der Waals surface area contributed by atoms with Crippen LogP contribution in [-0.2, 0) is 16.1 Å². The Morgan fingerprint density at radius 2 is 1.59 bits per heavy atom. The van der Waals surface area contributed by atoms with Gasteiger partial charge in [-0.05, 0) is 81.3 Å².